The van der Waals surface area contributed by atoms with Gasteiger partial charge in [-0.15, -0.1) is 0 Å². The van der Waals surface area contributed by atoms with Gasteiger partial charge in [-0.2, -0.15) is 0 Å². The van der Waals surface area contributed by atoms with Gasteiger partial charge in [0, 0.05) is 0 Å². The van der Waals surface area contributed by atoms with Crippen LogP contribution in [0.5, 0.6) is 0 Å². The van der Waals surface area contributed by atoms with Crippen molar-refractivity contribution < 1.29 is 50.8 Å². The van der Waals surface area contributed by atoms with Gasteiger partial charge in [0.1, 0.15) is 0 Å². The number of rotatable bonds is 0. The third-order valence-electron chi connectivity index (χ3n) is 0. The number of carbonyl (C=O) groups is 1. The second-order valence-corrected chi connectivity index (χ2v) is 0.283. The molecule has 0 aromatic heterocycles. The zero-order valence-electron chi connectivity index (χ0n) is 3.18. The van der Waals surface area contributed by atoms with Crippen molar-refractivity contribution in [1.82, 2.24) is 0 Å². The summed E-state index contributed by atoms with van der Waals surface area (Å²) >= 11 is 0. The van der Waals surface area contributed by atoms with Crippen molar-refractivity contribution in [2.45, 2.75) is 0 Å². The molecule has 6 heavy (non-hydrogen) atoms. The number of hydrogen-bond acceptors (Lipinski definition) is 1. The third kappa shape index (κ3) is 404. The fourth-order valence-corrected chi connectivity index (χ4v) is 0. The zero-order chi connectivity index (χ0) is 3.58. The van der Waals surface area contributed by atoms with Crippen molar-refractivity contribution >= 4 is 6.16 Å². The Labute approximate surface area is 57.3 Å². The molecule has 0 bridgehead atoms. The van der Waals surface area contributed by atoms with Crippen molar-refractivity contribution in [1.29, 1.82) is 0 Å². The van der Waals surface area contributed by atoms with Crippen LogP contribution in [0.2, 0.25) is 0 Å². The molecule has 0 aliphatic heterocycles. The Bertz CT molecular complexity index is 33.8. The molecule has 0 atom stereocenters. The average Bonchev–Trinajstić information content (AvgIpc) is 0.811. The summed E-state index contributed by atoms with van der Waals surface area (Å²) in [5, 5.41) is 13.9. The molecule has 0 saturated carbocycles. The van der Waals surface area contributed by atoms with Crippen LogP contribution in [0.4, 0.5) is 4.79 Å². The summed E-state index contributed by atoms with van der Waals surface area (Å²) in [6.07, 6.45) is -1.83. The summed E-state index contributed by atoms with van der Waals surface area (Å²) in [5.41, 5.74) is 0. The van der Waals surface area contributed by atoms with E-state index < -0.39 is 6.16 Å². The van der Waals surface area contributed by atoms with Gasteiger partial charge in [-0.05, 0) is 0 Å². The van der Waals surface area contributed by atoms with Crippen LogP contribution in [-0.2, 0) is 0 Å². The summed E-state index contributed by atoms with van der Waals surface area (Å²) in [6.45, 7) is 0. The van der Waals surface area contributed by atoms with Crippen LogP contribution in [0.3, 0.4) is 0 Å². The van der Waals surface area contributed by atoms with Crippen molar-refractivity contribution in [3.05, 3.63) is 0 Å². The van der Waals surface area contributed by atoms with E-state index in [1.165, 1.54) is 0 Å². The maximum absolute atomic E-state index is 8.56. The Balaban J connectivity index is -0.0000000450. The molecule has 2 N–H and O–H groups in total. The van der Waals surface area contributed by atoms with Gasteiger partial charge in [-0.3, -0.25) is 0 Å². The fraction of sp³-hybridized carbons (Fsp3) is 0. The quantitative estimate of drug-likeness (QED) is 0.337. The topological polar surface area (TPSA) is 57.5 Å². The maximum Gasteiger partial charge on any atom is 1.00 e. The molecule has 0 aromatic rings. The molecule has 0 spiro atoms. The van der Waals surface area contributed by atoms with Crippen LogP contribution < -0.4 is 35.8 Å². The van der Waals surface area contributed by atoms with Crippen LogP contribution in [-0.4, -0.2) is 16.4 Å². The summed E-state index contributed by atoms with van der Waals surface area (Å²) in [4.78, 5) is 8.56. The van der Waals surface area contributed by atoms with Crippen molar-refractivity contribution in [3.63, 3.8) is 0 Å². The molecular formula is CH2BrLiO3. The molecule has 0 rings (SSSR count). The van der Waals surface area contributed by atoms with E-state index in [1.807, 2.05) is 0 Å². The van der Waals surface area contributed by atoms with Gasteiger partial charge in [-0.25, -0.2) is 4.79 Å². The first-order valence-electron chi connectivity index (χ1n) is 0.651. The minimum Gasteiger partial charge on any atom is -1.00 e. The van der Waals surface area contributed by atoms with E-state index in [9.17, 15) is 0 Å². The predicted molar refractivity (Wildman–Crippen MR) is 10.7 cm³/mol. The molecular weight excluding hydrogens is 147 g/mol. The molecule has 0 heterocycles. The standard InChI is InChI=1S/CH2O3.BrH.Li/c2-1(3)4;;/h(H2,2,3,4);1H;/q;;+1/p-1. The van der Waals surface area contributed by atoms with Crippen LogP contribution in [0.15, 0.2) is 0 Å². The SMILES string of the molecule is O=C(O)O.[Br-].[Li+]. The summed E-state index contributed by atoms with van der Waals surface area (Å²) < 4.78 is 0. The van der Waals surface area contributed by atoms with Crippen molar-refractivity contribution in [2.75, 3.05) is 0 Å². The molecule has 5 heteroatoms. The largest absolute Gasteiger partial charge is 1.00 e. The minimum absolute atomic E-state index is 0. The van der Waals surface area contributed by atoms with Crippen LogP contribution >= 0.6 is 0 Å². The van der Waals surface area contributed by atoms with Gasteiger partial charge >= 0.3 is 25.0 Å². The average molecular weight is 149 g/mol. The first-order valence-corrected chi connectivity index (χ1v) is 0.651. The molecule has 0 fully saturated rings. The Kier molecular flexibility index (Phi) is 24.4. The summed E-state index contributed by atoms with van der Waals surface area (Å²) in [5.74, 6) is 0. The maximum atomic E-state index is 8.56. The minimum atomic E-state index is -1.83. The predicted octanol–water partition coefficient (Wildman–Crippen LogP) is -5.77. The molecule has 3 nitrogen and oxygen atoms in total. The van der Waals surface area contributed by atoms with E-state index in [2.05, 4.69) is 0 Å². The Morgan fingerprint density at radius 3 is 1.33 bits per heavy atom. The smallest absolute Gasteiger partial charge is 1.00 e. The van der Waals surface area contributed by atoms with E-state index in [0.29, 0.717) is 0 Å². The number of carboxylic acid groups (broad SMARTS) is 2. The van der Waals surface area contributed by atoms with Crippen LogP contribution in [0.1, 0.15) is 0 Å². The summed E-state index contributed by atoms with van der Waals surface area (Å²) in [6, 6.07) is 0. The van der Waals surface area contributed by atoms with Gasteiger partial charge in [0.05, 0.1) is 0 Å². The van der Waals surface area contributed by atoms with Crippen LogP contribution in [0.25, 0.3) is 0 Å². The first kappa shape index (κ1) is 16.2. The van der Waals surface area contributed by atoms with Gasteiger partial charge in [0.2, 0.25) is 0 Å². The first-order chi connectivity index (χ1) is 1.73. The third-order valence-corrected chi connectivity index (χ3v) is 0. The Hall–Kier alpha value is 0.347. The molecule has 0 unspecified atom stereocenters. The van der Waals surface area contributed by atoms with E-state index >= 15 is 0 Å². The van der Waals surface area contributed by atoms with E-state index in [-0.39, 0.29) is 35.8 Å². The Morgan fingerprint density at radius 2 is 1.33 bits per heavy atom. The normalized spacial score (nSPS) is 4.00. The second-order valence-electron chi connectivity index (χ2n) is 0.283. The van der Waals surface area contributed by atoms with Crippen LogP contribution in [0, 0.1) is 0 Å². The monoisotopic (exact) mass is 148 g/mol. The van der Waals surface area contributed by atoms with Gasteiger partial charge < -0.3 is 27.2 Å². The molecule has 0 radical (unpaired) electrons. The van der Waals surface area contributed by atoms with E-state index in [4.69, 9.17) is 15.0 Å². The van der Waals surface area contributed by atoms with Gasteiger partial charge in [-0.1, -0.05) is 0 Å². The van der Waals surface area contributed by atoms with Gasteiger partial charge in [0.25, 0.3) is 0 Å². The molecule has 0 aliphatic carbocycles. The molecule has 0 amide bonds. The molecule has 0 aromatic carbocycles. The Morgan fingerprint density at radius 1 is 1.33 bits per heavy atom. The van der Waals surface area contributed by atoms with Crippen molar-refractivity contribution in [3.8, 4) is 0 Å². The zero-order valence-corrected chi connectivity index (χ0v) is 4.77. The second kappa shape index (κ2) is 9.02. The number of hydrogen-bond donors (Lipinski definition) is 2. The molecule has 0 aliphatic rings. The van der Waals surface area contributed by atoms with E-state index in [0.717, 1.165) is 0 Å². The number of halogens is 1. The van der Waals surface area contributed by atoms with Gasteiger partial charge in [0.15, 0.2) is 0 Å². The summed E-state index contributed by atoms with van der Waals surface area (Å²) in [7, 11) is 0. The van der Waals surface area contributed by atoms with Crippen molar-refractivity contribution in [2.24, 2.45) is 0 Å². The van der Waals surface area contributed by atoms with E-state index in [1.54, 1.807) is 0 Å². The molecule has 32 valence electrons. The molecule has 0 saturated heterocycles. The fourth-order valence-electron chi connectivity index (χ4n) is 0.